The molecule has 0 amide bonds. The number of ether oxygens (including phenoxy) is 8. The van der Waals surface area contributed by atoms with Crippen molar-refractivity contribution in [2.24, 2.45) is 0 Å². The first kappa shape index (κ1) is 28.6. The molecule has 0 radical (unpaired) electrons. The Bertz CT molecular complexity index is 1050. The summed E-state index contributed by atoms with van der Waals surface area (Å²) < 4.78 is 51.9. The lowest BCUT2D eigenvalue weighted by Gasteiger charge is -2.42. The molecule has 2 saturated heterocycles. The van der Waals surface area contributed by atoms with Gasteiger partial charge < -0.3 is 37.9 Å². The number of fused-ring (bicyclic) bond motifs is 2. The Kier molecular flexibility index (Phi) is 8.20. The van der Waals surface area contributed by atoms with Crippen LogP contribution in [0.15, 0.2) is 48.5 Å². The van der Waals surface area contributed by atoms with E-state index < -0.39 is 11.6 Å². The van der Waals surface area contributed by atoms with Gasteiger partial charge in [-0.2, -0.15) is 0 Å². The summed E-state index contributed by atoms with van der Waals surface area (Å²) in [5.41, 5.74) is 2.14. The second-order valence-electron chi connectivity index (χ2n) is 12.5. The molecule has 8 nitrogen and oxygen atoms in total. The third-order valence-corrected chi connectivity index (χ3v) is 9.78. The lowest BCUT2D eigenvalue weighted by molar-refractivity contribution is -0.229. The van der Waals surface area contributed by atoms with E-state index in [1.807, 2.05) is 48.5 Å². The van der Waals surface area contributed by atoms with Gasteiger partial charge in [-0.15, -0.1) is 0 Å². The molecule has 7 rings (SSSR count). The lowest BCUT2D eigenvalue weighted by Crippen LogP contribution is -2.62. The minimum atomic E-state index is -0.599. The summed E-state index contributed by atoms with van der Waals surface area (Å²) in [6.45, 7) is 0.871. The molecule has 2 spiro atoms. The van der Waals surface area contributed by atoms with Crippen LogP contribution in [0.3, 0.4) is 0 Å². The molecule has 2 aliphatic heterocycles. The van der Waals surface area contributed by atoms with Crippen molar-refractivity contribution in [3.8, 4) is 11.5 Å². The number of hydrogen-bond donors (Lipinski definition) is 0. The van der Waals surface area contributed by atoms with Gasteiger partial charge in [0, 0.05) is 25.7 Å². The Morgan fingerprint density at radius 2 is 0.857 bits per heavy atom. The van der Waals surface area contributed by atoms with Gasteiger partial charge in [0.05, 0.1) is 27.4 Å². The molecule has 0 unspecified atom stereocenters. The second-order valence-corrected chi connectivity index (χ2v) is 12.5. The van der Waals surface area contributed by atoms with Crippen LogP contribution in [0.25, 0.3) is 0 Å². The van der Waals surface area contributed by atoms with Gasteiger partial charge in [0.25, 0.3) is 0 Å². The highest BCUT2D eigenvalue weighted by molar-refractivity contribution is 5.27. The molecular formula is C34H44O8. The second kappa shape index (κ2) is 12.1. The molecule has 2 aromatic rings. The summed E-state index contributed by atoms with van der Waals surface area (Å²) in [5.74, 6) is 0.454. The van der Waals surface area contributed by atoms with E-state index in [1.54, 1.807) is 14.2 Å². The third-order valence-electron chi connectivity index (χ3n) is 9.78. The van der Waals surface area contributed by atoms with E-state index in [-0.39, 0.29) is 36.6 Å². The molecule has 5 aliphatic rings. The van der Waals surface area contributed by atoms with Crippen LogP contribution in [0.2, 0.25) is 0 Å². The first-order valence-corrected chi connectivity index (χ1v) is 15.8. The van der Waals surface area contributed by atoms with Crippen LogP contribution in [0.5, 0.6) is 11.5 Å². The highest BCUT2D eigenvalue weighted by Crippen LogP contribution is 2.52. The van der Waals surface area contributed by atoms with Gasteiger partial charge in [-0.05, 0) is 61.1 Å². The molecular weight excluding hydrogens is 536 g/mol. The Morgan fingerprint density at radius 3 is 1.17 bits per heavy atom. The fourth-order valence-electron chi connectivity index (χ4n) is 7.57. The Balaban J connectivity index is 1.18. The summed E-state index contributed by atoms with van der Waals surface area (Å²) >= 11 is 0. The molecule has 8 heteroatoms. The third kappa shape index (κ3) is 5.58. The SMILES string of the molecule is COc1ccc(COC2[C@H]3OC4(CCCCC4)O[C@@H]3C(OCc3ccc(OC)cc3)[C@H]3OC4(CCCCC4)O[C@H]23)cc1. The van der Waals surface area contributed by atoms with Gasteiger partial charge in [-0.3, -0.25) is 0 Å². The van der Waals surface area contributed by atoms with Crippen molar-refractivity contribution in [2.45, 2.75) is 126 Å². The fraction of sp³-hybridized carbons (Fsp3) is 0.647. The van der Waals surface area contributed by atoms with E-state index in [9.17, 15) is 0 Å². The molecule has 3 saturated carbocycles. The zero-order valence-corrected chi connectivity index (χ0v) is 24.8. The maximum absolute atomic E-state index is 6.93. The van der Waals surface area contributed by atoms with Crippen molar-refractivity contribution < 1.29 is 37.9 Å². The topological polar surface area (TPSA) is 73.8 Å². The van der Waals surface area contributed by atoms with Crippen molar-refractivity contribution in [1.29, 1.82) is 0 Å². The number of methoxy groups -OCH3 is 2. The molecule has 3 aliphatic carbocycles. The fourth-order valence-corrected chi connectivity index (χ4v) is 7.57. The molecule has 42 heavy (non-hydrogen) atoms. The Hall–Kier alpha value is -2.20. The first-order chi connectivity index (χ1) is 20.6. The summed E-state index contributed by atoms with van der Waals surface area (Å²) in [6.07, 6.45) is 8.40. The minimum absolute atomic E-state index is 0.314. The van der Waals surface area contributed by atoms with Crippen LogP contribution < -0.4 is 9.47 Å². The molecule has 228 valence electrons. The number of rotatable bonds is 8. The highest BCUT2D eigenvalue weighted by Gasteiger charge is 2.66. The van der Waals surface area contributed by atoms with Crippen LogP contribution in [0.4, 0.5) is 0 Å². The normalized spacial score (nSPS) is 32.9. The predicted molar refractivity (Wildman–Crippen MR) is 154 cm³/mol. The number of hydrogen-bond acceptors (Lipinski definition) is 8. The zero-order chi connectivity index (χ0) is 28.6. The van der Waals surface area contributed by atoms with E-state index in [1.165, 1.54) is 12.8 Å². The van der Waals surface area contributed by atoms with Gasteiger partial charge >= 0.3 is 0 Å². The van der Waals surface area contributed by atoms with Crippen molar-refractivity contribution in [3.63, 3.8) is 0 Å². The van der Waals surface area contributed by atoms with E-state index in [0.717, 1.165) is 74.0 Å². The number of benzene rings is 2. The summed E-state index contributed by atoms with van der Waals surface area (Å²) in [7, 11) is 3.36. The maximum Gasteiger partial charge on any atom is 0.169 e. The average Bonchev–Trinajstić information content (AvgIpc) is 3.58. The van der Waals surface area contributed by atoms with Crippen molar-refractivity contribution >= 4 is 0 Å². The molecule has 2 heterocycles. The van der Waals surface area contributed by atoms with Crippen molar-refractivity contribution in [2.75, 3.05) is 14.2 Å². The predicted octanol–water partition coefficient (Wildman–Crippen LogP) is 6.08. The van der Waals surface area contributed by atoms with E-state index in [2.05, 4.69) is 0 Å². The summed E-state index contributed by atoms with van der Waals surface area (Å²) in [5, 5.41) is 0. The standard InChI is InChI=1S/C34H44O8/c1-35-25-13-9-23(10-14-25)21-37-27-29-31(41-33(39-29)17-5-3-6-18-33)28(38-22-24-11-15-26(36-2)16-12-24)32-30(27)40-34(42-32)19-7-4-8-20-34/h9-16,27-32H,3-8,17-22H2,1-2H3/t27?,28?,29-,30-,31-,32-/m1/s1. The quantitative estimate of drug-likeness (QED) is 0.372. The van der Waals surface area contributed by atoms with E-state index in [4.69, 9.17) is 37.9 Å². The largest absolute Gasteiger partial charge is 0.497 e. The first-order valence-electron chi connectivity index (χ1n) is 15.8. The Morgan fingerprint density at radius 1 is 0.524 bits per heavy atom. The van der Waals surface area contributed by atoms with Crippen LogP contribution >= 0.6 is 0 Å². The van der Waals surface area contributed by atoms with Crippen LogP contribution in [-0.2, 0) is 41.6 Å². The average molecular weight is 581 g/mol. The zero-order valence-electron chi connectivity index (χ0n) is 24.8. The Labute approximate surface area is 248 Å². The molecule has 4 atom stereocenters. The summed E-state index contributed by atoms with van der Waals surface area (Å²) in [4.78, 5) is 0. The minimum Gasteiger partial charge on any atom is -0.497 e. The van der Waals surface area contributed by atoms with Gasteiger partial charge in [-0.1, -0.05) is 37.1 Å². The van der Waals surface area contributed by atoms with Crippen LogP contribution in [0, 0.1) is 0 Å². The van der Waals surface area contributed by atoms with Crippen LogP contribution in [0.1, 0.15) is 75.3 Å². The maximum atomic E-state index is 6.93. The van der Waals surface area contributed by atoms with Crippen LogP contribution in [-0.4, -0.2) is 62.4 Å². The molecule has 2 aromatic carbocycles. The van der Waals surface area contributed by atoms with Gasteiger partial charge in [0.1, 0.15) is 48.1 Å². The molecule has 0 N–H and O–H groups in total. The van der Waals surface area contributed by atoms with Crippen molar-refractivity contribution in [3.05, 3.63) is 59.7 Å². The molecule has 0 aromatic heterocycles. The molecule has 0 bridgehead atoms. The lowest BCUT2D eigenvalue weighted by atomic mass is 9.84. The molecule has 5 fully saturated rings. The van der Waals surface area contributed by atoms with E-state index in [0.29, 0.717) is 13.2 Å². The monoisotopic (exact) mass is 580 g/mol. The van der Waals surface area contributed by atoms with Gasteiger partial charge in [0.2, 0.25) is 0 Å². The smallest absolute Gasteiger partial charge is 0.169 e. The van der Waals surface area contributed by atoms with Crippen molar-refractivity contribution in [1.82, 2.24) is 0 Å². The highest BCUT2D eigenvalue weighted by atomic mass is 16.8. The van der Waals surface area contributed by atoms with Gasteiger partial charge in [-0.25, -0.2) is 0 Å². The van der Waals surface area contributed by atoms with E-state index >= 15 is 0 Å². The summed E-state index contributed by atoms with van der Waals surface area (Å²) in [6, 6.07) is 16.0. The van der Waals surface area contributed by atoms with Gasteiger partial charge in [0.15, 0.2) is 11.6 Å².